The van der Waals surface area contributed by atoms with Crippen LogP contribution in [0.15, 0.2) is 12.3 Å². The van der Waals surface area contributed by atoms with Crippen LogP contribution in [0, 0.1) is 0 Å². The van der Waals surface area contributed by atoms with E-state index in [1.54, 1.807) is 12.3 Å². The molecule has 0 fully saturated rings. The minimum Gasteiger partial charge on any atom is -0.477 e. The second-order valence-corrected chi connectivity index (χ2v) is 5.07. The summed E-state index contributed by atoms with van der Waals surface area (Å²) in [5.41, 5.74) is 1.05. The van der Waals surface area contributed by atoms with Gasteiger partial charge in [-0.1, -0.05) is 0 Å². The number of ketones is 1. The summed E-state index contributed by atoms with van der Waals surface area (Å²) in [6.45, 7) is 1.38. The summed E-state index contributed by atoms with van der Waals surface area (Å²) in [4.78, 5) is 29.5. The fourth-order valence-electron chi connectivity index (χ4n) is 1.87. The maximum Gasteiger partial charge on any atom is 0.346 e. The highest BCUT2D eigenvalue weighted by molar-refractivity contribution is 7.21. The van der Waals surface area contributed by atoms with E-state index in [-0.39, 0.29) is 16.2 Å². The number of carboxylic acid groups (broad SMARTS) is 1. The fraction of sp³-hybridized carbons (Fsp3) is 0.250. The quantitative estimate of drug-likeness (QED) is 0.861. The number of hydrogen-bond acceptors (Lipinski definition) is 5. The van der Waals surface area contributed by atoms with Gasteiger partial charge in [0.2, 0.25) is 0 Å². The van der Waals surface area contributed by atoms with E-state index in [1.165, 1.54) is 6.92 Å². The van der Waals surface area contributed by atoms with Gasteiger partial charge in [-0.15, -0.1) is 11.3 Å². The number of aromatic nitrogens is 1. The first-order valence-electron chi connectivity index (χ1n) is 5.26. The Labute approximate surface area is 108 Å². The van der Waals surface area contributed by atoms with Gasteiger partial charge in [0.1, 0.15) is 9.71 Å². The molecule has 0 atom stereocenters. The van der Waals surface area contributed by atoms with Crippen molar-refractivity contribution in [1.29, 1.82) is 0 Å². The Hall–Kier alpha value is -1.95. The van der Waals surface area contributed by atoms with Gasteiger partial charge in [-0.05, 0) is 13.0 Å². The molecule has 2 aromatic rings. The highest BCUT2D eigenvalue weighted by atomic mass is 32.1. The van der Waals surface area contributed by atoms with Gasteiger partial charge in [0, 0.05) is 31.4 Å². The van der Waals surface area contributed by atoms with Crippen molar-refractivity contribution in [2.75, 3.05) is 19.0 Å². The number of hydrogen-bond donors (Lipinski definition) is 1. The summed E-state index contributed by atoms with van der Waals surface area (Å²) in [7, 11) is 3.69. The smallest absolute Gasteiger partial charge is 0.346 e. The van der Waals surface area contributed by atoms with Crippen LogP contribution < -0.4 is 4.90 Å². The third-order valence-electron chi connectivity index (χ3n) is 2.60. The van der Waals surface area contributed by atoms with Crippen molar-refractivity contribution in [1.82, 2.24) is 4.98 Å². The third-order valence-corrected chi connectivity index (χ3v) is 3.68. The zero-order valence-corrected chi connectivity index (χ0v) is 11.0. The van der Waals surface area contributed by atoms with E-state index in [0.717, 1.165) is 17.0 Å². The number of thiophene rings is 1. The minimum absolute atomic E-state index is 0.0549. The summed E-state index contributed by atoms with van der Waals surface area (Å²) >= 11 is 1.03. The number of carboxylic acids is 1. The number of carbonyl (C=O) groups is 2. The Morgan fingerprint density at radius 1 is 1.39 bits per heavy atom. The lowest BCUT2D eigenvalue weighted by Gasteiger charge is -2.14. The summed E-state index contributed by atoms with van der Waals surface area (Å²) in [6, 6.07) is 1.77. The largest absolute Gasteiger partial charge is 0.477 e. The maximum absolute atomic E-state index is 11.7. The van der Waals surface area contributed by atoms with Crippen LogP contribution in [0.4, 0.5) is 5.69 Å². The predicted octanol–water partition coefficient (Wildman–Crippen LogP) is 2.26. The molecule has 0 aliphatic carbocycles. The first kappa shape index (κ1) is 12.5. The first-order chi connectivity index (χ1) is 8.43. The Bertz CT molecular complexity index is 646. The fourth-order valence-corrected chi connectivity index (χ4v) is 2.92. The topological polar surface area (TPSA) is 70.5 Å². The van der Waals surface area contributed by atoms with Crippen LogP contribution >= 0.6 is 11.3 Å². The molecule has 0 radical (unpaired) electrons. The maximum atomic E-state index is 11.7. The molecule has 94 valence electrons. The van der Waals surface area contributed by atoms with Crippen LogP contribution in [0.5, 0.6) is 0 Å². The van der Waals surface area contributed by atoms with Crippen LogP contribution in [-0.2, 0) is 0 Å². The second kappa shape index (κ2) is 4.38. The van der Waals surface area contributed by atoms with Crippen molar-refractivity contribution < 1.29 is 14.7 Å². The molecule has 0 saturated heterocycles. The zero-order chi connectivity index (χ0) is 13.4. The molecule has 0 saturated carbocycles. The molecule has 0 spiro atoms. The van der Waals surface area contributed by atoms with E-state index >= 15 is 0 Å². The lowest BCUT2D eigenvalue weighted by atomic mass is 10.1. The molecule has 5 nitrogen and oxygen atoms in total. The van der Waals surface area contributed by atoms with E-state index in [4.69, 9.17) is 5.11 Å². The van der Waals surface area contributed by atoms with Gasteiger partial charge < -0.3 is 10.0 Å². The standard InChI is InChI=1S/C12H12N2O3S/c1-6(15)8-9-7(14(2)3)4-5-13-11(9)18-10(8)12(16)17/h4-5H,1-3H3,(H,16,17). The Kier molecular flexibility index (Phi) is 3.04. The van der Waals surface area contributed by atoms with Crippen LogP contribution in [0.3, 0.4) is 0 Å². The average Bonchev–Trinajstić information content (AvgIpc) is 2.67. The molecule has 0 aliphatic heterocycles. The van der Waals surface area contributed by atoms with Gasteiger partial charge in [-0.3, -0.25) is 4.79 Å². The van der Waals surface area contributed by atoms with E-state index < -0.39 is 5.97 Å². The van der Waals surface area contributed by atoms with Crippen molar-refractivity contribution in [2.24, 2.45) is 0 Å². The average molecular weight is 264 g/mol. The predicted molar refractivity (Wildman–Crippen MR) is 70.9 cm³/mol. The van der Waals surface area contributed by atoms with E-state index in [2.05, 4.69) is 4.98 Å². The highest BCUT2D eigenvalue weighted by Crippen LogP contribution is 2.36. The second-order valence-electron chi connectivity index (χ2n) is 4.07. The minimum atomic E-state index is -1.09. The first-order valence-corrected chi connectivity index (χ1v) is 6.08. The van der Waals surface area contributed by atoms with Crippen LogP contribution in [0.1, 0.15) is 27.0 Å². The van der Waals surface area contributed by atoms with E-state index in [9.17, 15) is 9.59 Å². The van der Waals surface area contributed by atoms with Crippen molar-refractivity contribution in [3.63, 3.8) is 0 Å². The highest BCUT2D eigenvalue weighted by Gasteiger charge is 2.24. The van der Waals surface area contributed by atoms with Gasteiger partial charge in [0.05, 0.1) is 5.56 Å². The van der Waals surface area contributed by atoms with Crippen LogP contribution in [0.25, 0.3) is 10.2 Å². The molecule has 2 rings (SSSR count). The zero-order valence-electron chi connectivity index (χ0n) is 10.2. The normalized spacial score (nSPS) is 10.6. The SMILES string of the molecule is CC(=O)c1c(C(=O)O)sc2nccc(N(C)C)c12. The van der Waals surface area contributed by atoms with Crippen molar-refractivity contribution >= 4 is 39.0 Å². The van der Waals surface area contributed by atoms with E-state index in [0.29, 0.717) is 10.2 Å². The molecule has 0 amide bonds. The van der Waals surface area contributed by atoms with Gasteiger partial charge in [-0.2, -0.15) is 0 Å². The molecule has 6 heteroatoms. The lowest BCUT2D eigenvalue weighted by Crippen LogP contribution is -2.10. The molecule has 2 aromatic heterocycles. The molecular weight excluding hydrogens is 252 g/mol. The van der Waals surface area contributed by atoms with Crippen molar-refractivity contribution in [3.8, 4) is 0 Å². The van der Waals surface area contributed by atoms with Gasteiger partial charge in [-0.25, -0.2) is 9.78 Å². The van der Waals surface area contributed by atoms with E-state index in [1.807, 2.05) is 19.0 Å². The molecule has 1 N–H and O–H groups in total. The summed E-state index contributed by atoms with van der Waals surface area (Å²) in [5.74, 6) is -1.34. The summed E-state index contributed by atoms with van der Waals surface area (Å²) in [6.07, 6.45) is 1.61. The number of rotatable bonds is 3. The van der Waals surface area contributed by atoms with Gasteiger partial charge in [0.25, 0.3) is 0 Å². The van der Waals surface area contributed by atoms with Gasteiger partial charge in [0.15, 0.2) is 5.78 Å². The molecule has 0 aromatic carbocycles. The monoisotopic (exact) mass is 264 g/mol. The molecule has 0 bridgehead atoms. The number of anilines is 1. The lowest BCUT2D eigenvalue weighted by molar-refractivity contribution is 0.0698. The van der Waals surface area contributed by atoms with Gasteiger partial charge >= 0.3 is 5.97 Å². The molecular formula is C12H12N2O3S. The number of pyridine rings is 1. The van der Waals surface area contributed by atoms with Crippen molar-refractivity contribution in [2.45, 2.75) is 6.92 Å². The Balaban J connectivity index is 2.92. The number of Topliss-reactive ketones (excluding diaryl/α,β-unsaturated/α-hetero) is 1. The molecule has 0 unspecified atom stereocenters. The third kappa shape index (κ3) is 1.84. The summed E-state index contributed by atoms with van der Waals surface area (Å²) in [5, 5.41) is 9.78. The Morgan fingerprint density at radius 2 is 2.06 bits per heavy atom. The van der Waals surface area contributed by atoms with Crippen molar-refractivity contribution in [3.05, 3.63) is 22.7 Å². The number of fused-ring (bicyclic) bond motifs is 1. The summed E-state index contributed by atoms with van der Waals surface area (Å²) < 4.78 is 0. The van der Waals surface area contributed by atoms with Crippen LogP contribution in [-0.4, -0.2) is 35.9 Å². The molecule has 0 aliphatic rings. The number of aromatic carboxylic acids is 1. The molecule has 18 heavy (non-hydrogen) atoms. The Morgan fingerprint density at radius 3 is 2.56 bits per heavy atom. The molecule has 2 heterocycles. The number of nitrogens with zero attached hydrogens (tertiary/aromatic N) is 2. The van der Waals surface area contributed by atoms with Crippen LogP contribution in [0.2, 0.25) is 0 Å². The number of carbonyl (C=O) groups excluding carboxylic acids is 1.